The Hall–Kier alpha value is -0.0800. The van der Waals surface area contributed by atoms with Crippen LogP contribution in [0.3, 0.4) is 0 Å². The molecule has 1 aliphatic heterocycles. The highest BCUT2D eigenvalue weighted by Gasteiger charge is 2.21. The van der Waals surface area contributed by atoms with Crippen LogP contribution in [-0.4, -0.2) is 24.1 Å². The smallest absolute Gasteiger partial charge is 0.0243 e. The normalized spacial score (nSPS) is 29.0. The molecule has 2 aliphatic rings. The van der Waals surface area contributed by atoms with Gasteiger partial charge < -0.3 is 0 Å². The molecule has 0 atom stereocenters. The molecule has 1 N–H and O–H groups in total. The zero-order valence-electron chi connectivity index (χ0n) is 7.89. The van der Waals surface area contributed by atoms with E-state index in [0.717, 1.165) is 6.04 Å². The molecule has 0 spiro atoms. The molecule has 1 aliphatic carbocycles. The van der Waals surface area contributed by atoms with E-state index < -0.39 is 0 Å². The molecule has 0 unspecified atom stereocenters. The van der Waals surface area contributed by atoms with Crippen LogP contribution >= 0.6 is 0 Å². The molecular weight excluding hydrogens is 148 g/mol. The van der Waals surface area contributed by atoms with E-state index in [4.69, 9.17) is 0 Å². The van der Waals surface area contributed by atoms with Gasteiger partial charge in [-0.3, -0.25) is 5.43 Å². The summed E-state index contributed by atoms with van der Waals surface area (Å²) in [5.74, 6) is 0. The summed E-state index contributed by atoms with van der Waals surface area (Å²) < 4.78 is 0. The lowest BCUT2D eigenvalue weighted by atomic mass is 9.94. The first kappa shape index (κ1) is 8.52. The minimum atomic E-state index is 0.860. The molecule has 2 nitrogen and oxygen atoms in total. The summed E-state index contributed by atoms with van der Waals surface area (Å²) in [6.07, 6.45) is 9.96. The molecule has 12 heavy (non-hydrogen) atoms. The van der Waals surface area contributed by atoms with Crippen molar-refractivity contribution in [1.82, 2.24) is 10.4 Å². The van der Waals surface area contributed by atoms with E-state index in [1.807, 2.05) is 0 Å². The number of nitrogens with zero attached hydrogens (tertiary/aromatic N) is 1. The fourth-order valence-corrected chi connectivity index (χ4v) is 2.41. The van der Waals surface area contributed by atoms with E-state index in [1.165, 1.54) is 58.0 Å². The third kappa shape index (κ3) is 1.99. The van der Waals surface area contributed by atoms with Crippen molar-refractivity contribution < 1.29 is 0 Å². The van der Waals surface area contributed by atoms with Gasteiger partial charge in [-0.05, 0) is 25.7 Å². The summed E-state index contributed by atoms with van der Waals surface area (Å²) in [6, 6.07) is 0.860. The molecule has 0 amide bonds. The number of hydrogen-bond donors (Lipinski definition) is 1. The van der Waals surface area contributed by atoms with Gasteiger partial charge in [-0.1, -0.05) is 19.3 Å². The highest BCUT2D eigenvalue weighted by molar-refractivity contribution is 4.75. The lowest BCUT2D eigenvalue weighted by Crippen LogP contribution is -2.49. The molecule has 1 heterocycles. The standard InChI is InChI=1S/C10H20N2/c1-2-6-10(7-3-1)12-9-5-4-8-11-12/h10-11H,1-9H2. The molecule has 1 saturated heterocycles. The van der Waals surface area contributed by atoms with Crippen LogP contribution in [0.1, 0.15) is 44.9 Å². The van der Waals surface area contributed by atoms with Gasteiger partial charge in [-0.2, -0.15) is 0 Å². The molecule has 0 radical (unpaired) electrons. The fraction of sp³-hybridized carbons (Fsp3) is 1.00. The summed E-state index contributed by atoms with van der Waals surface area (Å²) in [6.45, 7) is 2.49. The van der Waals surface area contributed by atoms with Crippen LogP contribution in [0.25, 0.3) is 0 Å². The Morgan fingerprint density at radius 3 is 2.42 bits per heavy atom. The first-order valence-corrected chi connectivity index (χ1v) is 5.47. The highest BCUT2D eigenvalue weighted by Crippen LogP contribution is 2.22. The minimum absolute atomic E-state index is 0.860. The summed E-state index contributed by atoms with van der Waals surface area (Å²) >= 11 is 0. The second-order valence-corrected chi connectivity index (χ2v) is 4.10. The van der Waals surface area contributed by atoms with Crippen LogP contribution in [0, 0.1) is 0 Å². The van der Waals surface area contributed by atoms with E-state index in [1.54, 1.807) is 0 Å². The largest absolute Gasteiger partial charge is 0.255 e. The Balaban J connectivity index is 1.80. The van der Waals surface area contributed by atoms with Gasteiger partial charge in [0.2, 0.25) is 0 Å². The van der Waals surface area contributed by atoms with Crippen LogP contribution in [0.4, 0.5) is 0 Å². The van der Waals surface area contributed by atoms with Crippen molar-refractivity contribution in [2.45, 2.75) is 51.0 Å². The first-order chi connectivity index (χ1) is 5.97. The van der Waals surface area contributed by atoms with Crippen LogP contribution < -0.4 is 5.43 Å². The summed E-state index contributed by atoms with van der Waals surface area (Å²) in [4.78, 5) is 0. The molecule has 2 rings (SSSR count). The van der Waals surface area contributed by atoms with Crippen LogP contribution in [0.5, 0.6) is 0 Å². The minimum Gasteiger partial charge on any atom is -0.255 e. The maximum atomic E-state index is 3.52. The van der Waals surface area contributed by atoms with Gasteiger partial charge in [0.05, 0.1) is 0 Å². The monoisotopic (exact) mass is 168 g/mol. The van der Waals surface area contributed by atoms with Crippen molar-refractivity contribution in [3.8, 4) is 0 Å². The molecule has 2 heteroatoms. The molecule has 70 valence electrons. The van der Waals surface area contributed by atoms with E-state index in [-0.39, 0.29) is 0 Å². The van der Waals surface area contributed by atoms with Crippen molar-refractivity contribution in [3.05, 3.63) is 0 Å². The Morgan fingerprint density at radius 1 is 0.917 bits per heavy atom. The van der Waals surface area contributed by atoms with Gasteiger partial charge in [-0.25, -0.2) is 5.01 Å². The quantitative estimate of drug-likeness (QED) is 0.643. The zero-order chi connectivity index (χ0) is 8.23. The Labute approximate surface area is 75.3 Å². The van der Waals surface area contributed by atoms with E-state index in [9.17, 15) is 0 Å². The second kappa shape index (κ2) is 4.24. The summed E-state index contributed by atoms with van der Waals surface area (Å²) in [5, 5.41) is 2.50. The van der Waals surface area contributed by atoms with Gasteiger partial charge in [0.25, 0.3) is 0 Å². The number of nitrogens with one attached hydrogen (secondary N) is 1. The van der Waals surface area contributed by atoms with Gasteiger partial charge in [-0.15, -0.1) is 0 Å². The molecule has 0 aromatic heterocycles. The Bertz CT molecular complexity index is 108. The lowest BCUT2D eigenvalue weighted by molar-refractivity contribution is 0.0726. The molecule has 1 saturated carbocycles. The molecular formula is C10H20N2. The van der Waals surface area contributed by atoms with E-state index in [0.29, 0.717) is 0 Å². The van der Waals surface area contributed by atoms with E-state index in [2.05, 4.69) is 10.4 Å². The number of hydrogen-bond acceptors (Lipinski definition) is 2. The fourth-order valence-electron chi connectivity index (χ4n) is 2.41. The Morgan fingerprint density at radius 2 is 1.75 bits per heavy atom. The topological polar surface area (TPSA) is 15.3 Å². The van der Waals surface area contributed by atoms with E-state index >= 15 is 0 Å². The van der Waals surface area contributed by atoms with Gasteiger partial charge in [0, 0.05) is 19.1 Å². The maximum absolute atomic E-state index is 3.52. The van der Waals surface area contributed by atoms with Gasteiger partial charge >= 0.3 is 0 Å². The average Bonchev–Trinajstić information content (AvgIpc) is 2.21. The van der Waals surface area contributed by atoms with Crippen LogP contribution in [0.2, 0.25) is 0 Å². The predicted octanol–water partition coefficient (Wildman–Crippen LogP) is 1.92. The van der Waals surface area contributed by atoms with Crippen molar-refractivity contribution in [2.75, 3.05) is 13.1 Å². The number of rotatable bonds is 1. The third-order valence-corrected chi connectivity index (χ3v) is 3.16. The molecule has 0 aromatic rings. The van der Waals surface area contributed by atoms with Crippen LogP contribution in [0.15, 0.2) is 0 Å². The summed E-state index contributed by atoms with van der Waals surface area (Å²) in [5.41, 5.74) is 3.52. The second-order valence-electron chi connectivity index (χ2n) is 4.10. The first-order valence-electron chi connectivity index (χ1n) is 5.47. The van der Waals surface area contributed by atoms with Crippen molar-refractivity contribution in [1.29, 1.82) is 0 Å². The van der Waals surface area contributed by atoms with Crippen molar-refractivity contribution in [2.24, 2.45) is 0 Å². The highest BCUT2D eigenvalue weighted by atomic mass is 15.5. The van der Waals surface area contributed by atoms with Crippen molar-refractivity contribution in [3.63, 3.8) is 0 Å². The van der Waals surface area contributed by atoms with Crippen molar-refractivity contribution >= 4 is 0 Å². The molecule has 0 bridgehead atoms. The molecule has 0 aromatic carbocycles. The van der Waals surface area contributed by atoms with Gasteiger partial charge in [0.1, 0.15) is 0 Å². The van der Waals surface area contributed by atoms with Gasteiger partial charge in [0.15, 0.2) is 0 Å². The lowest BCUT2D eigenvalue weighted by Gasteiger charge is -2.37. The zero-order valence-corrected chi connectivity index (χ0v) is 7.89. The molecule has 2 fully saturated rings. The SMILES string of the molecule is C1CCC(N2CCCCN2)CC1. The van der Waals surface area contributed by atoms with Crippen LogP contribution in [-0.2, 0) is 0 Å². The average molecular weight is 168 g/mol. The Kier molecular flexibility index (Phi) is 3.01. The predicted molar refractivity (Wildman–Crippen MR) is 50.8 cm³/mol. The number of hydrazine groups is 1. The maximum Gasteiger partial charge on any atom is 0.0243 e. The third-order valence-electron chi connectivity index (χ3n) is 3.16. The summed E-state index contributed by atoms with van der Waals surface area (Å²) in [7, 11) is 0.